The Morgan fingerprint density at radius 3 is 2.58 bits per heavy atom. The molecule has 3 N–H and O–H groups in total. The van der Waals surface area contributed by atoms with Gasteiger partial charge >= 0.3 is 0 Å². The number of para-hydroxylation sites is 1. The molecule has 0 aliphatic carbocycles. The monoisotopic (exact) mass is 395 g/mol. The van der Waals surface area contributed by atoms with Gasteiger partial charge in [0.05, 0.1) is 4.90 Å². The van der Waals surface area contributed by atoms with Crippen molar-refractivity contribution in [2.75, 3.05) is 13.3 Å². The maximum absolute atomic E-state index is 12.2. The van der Waals surface area contributed by atoms with Gasteiger partial charge in [-0.2, -0.15) is 0 Å². The molecule has 1 aliphatic rings. The van der Waals surface area contributed by atoms with Crippen molar-refractivity contribution in [1.82, 2.24) is 20.8 Å². The van der Waals surface area contributed by atoms with Gasteiger partial charge < -0.3 is 4.74 Å². The van der Waals surface area contributed by atoms with Gasteiger partial charge in [-0.3, -0.25) is 5.43 Å². The second-order valence-electron chi connectivity index (χ2n) is 5.39. The average molecular weight is 396 g/mol. The van der Waals surface area contributed by atoms with E-state index in [1.807, 2.05) is 30.3 Å². The number of benzene rings is 2. The van der Waals surface area contributed by atoms with Crippen LogP contribution in [0, 0.1) is 0 Å². The molecule has 0 radical (unpaired) electrons. The van der Waals surface area contributed by atoms with Gasteiger partial charge in [0.1, 0.15) is 11.6 Å². The van der Waals surface area contributed by atoms with E-state index in [4.69, 9.17) is 16.3 Å². The maximum atomic E-state index is 12.2. The molecule has 0 fully saturated rings. The quantitative estimate of drug-likeness (QED) is 0.629. The van der Waals surface area contributed by atoms with E-state index in [1.165, 1.54) is 24.3 Å². The van der Waals surface area contributed by atoms with Gasteiger partial charge in [-0.05, 0) is 36.4 Å². The summed E-state index contributed by atoms with van der Waals surface area (Å²) in [5, 5.41) is 6.12. The largest absolute Gasteiger partial charge is 0.475 e. The Hall–Kier alpha value is -2.33. The molecule has 0 saturated carbocycles. The van der Waals surface area contributed by atoms with Crippen LogP contribution in [0.1, 0.15) is 6.42 Å². The van der Waals surface area contributed by atoms with E-state index in [9.17, 15) is 8.42 Å². The Balaban J connectivity index is 1.41. The summed E-state index contributed by atoms with van der Waals surface area (Å²) in [6, 6.07) is 15.4. The highest BCUT2D eigenvalue weighted by Crippen LogP contribution is 2.13. The highest BCUT2D eigenvalue weighted by atomic mass is 35.5. The molecule has 0 spiro atoms. The summed E-state index contributed by atoms with van der Waals surface area (Å²) in [6.07, 6.45) is 0.391. The summed E-state index contributed by atoms with van der Waals surface area (Å²) in [7, 11) is -3.58. The van der Waals surface area contributed by atoms with Crippen LogP contribution in [0.4, 0.5) is 0 Å². The van der Waals surface area contributed by atoms with Crippen LogP contribution in [-0.2, 0) is 10.0 Å². The van der Waals surface area contributed by atoms with Crippen LogP contribution in [0.5, 0.6) is 5.75 Å². The van der Waals surface area contributed by atoms with Crippen molar-refractivity contribution in [3.05, 3.63) is 59.6 Å². The van der Waals surface area contributed by atoms with Gasteiger partial charge in [-0.1, -0.05) is 34.9 Å². The van der Waals surface area contributed by atoms with Gasteiger partial charge in [0.15, 0.2) is 6.73 Å². The van der Waals surface area contributed by atoms with Crippen molar-refractivity contribution >= 4 is 27.5 Å². The fourth-order valence-corrected chi connectivity index (χ4v) is 3.31. The van der Waals surface area contributed by atoms with Gasteiger partial charge in [-0.25, -0.2) is 18.7 Å². The van der Waals surface area contributed by atoms with Crippen molar-refractivity contribution in [2.45, 2.75) is 11.3 Å². The minimum atomic E-state index is -3.58. The Kier molecular flexibility index (Phi) is 5.94. The molecule has 2 aromatic rings. The SMILES string of the molecule is O=S(=O)(NCCC1=NNN(COc2ccccc2)N1)c1ccc(Cl)cc1. The molecule has 0 unspecified atom stereocenters. The molecule has 26 heavy (non-hydrogen) atoms. The number of ether oxygens (including phenoxy) is 1. The highest BCUT2D eigenvalue weighted by Gasteiger charge is 2.17. The molecule has 3 rings (SSSR count). The lowest BCUT2D eigenvalue weighted by Gasteiger charge is -2.16. The molecule has 0 saturated heterocycles. The first kappa shape index (κ1) is 18.5. The molecule has 0 atom stereocenters. The van der Waals surface area contributed by atoms with E-state index in [0.29, 0.717) is 17.3 Å². The van der Waals surface area contributed by atoms with Gasteiger partial charge in [0.25, 0.3) is 0 Å². The number of hydrazine groups is 2. The van der Waals surface area contributed by atoms with E-state index in [1.54, 1.807) is 5.12 Å². The minimum absolute atomic E-state index is 0.166. The third-order valence-electron chi connectivity index (χ3n) is 3.45. The molecule has 0 amide bonds. The number of hydrogen-bond acceptors (Lipinski definition) is 7. The number of amidine groups is 1. The summed E-state index contributed by atoms with van der Waals surface area (Å²) in [5.41, 5.74) is 5.75. The lowest BCUT2D eigenvalue weighted by atomic mass is 10.3. The first-order valence-corrected chi connectivity index (χ1v) is 9.68. The van der Waals surface area contributed by atoms with Crippen LogP contribution >= 0.6 is 11.6 Å². The van der Waals surface area contributed by atoms with Crippen LogP contribution in [0.2, 0.25) is 5.02 Å². The number of sulfonamides is 1. The maximum Gasteiger partial charge on any atom is 0.240 e. The van der Waals surface area contributed by atoms with Crippen molar-refractivity contribution in [3.63, 3.8) is 0 Å². The Bertz CT molecular complexity index is 859. The first-order chi connectivity index (χ1) is 12.5. The van der Waals surface area contributed by atoms with Gasteiger partial charge in [-0.15, -0.1) is 5.10 Å². The third-order valence-corrected chi connectivity index (χ3v) is 5.18. The van der Waals surface area contributed by atoms with Gasteiger partial charge in [0.2, 0.25) is 10.0 Å². The van der Waals surface area contributed by atoms with Crippen LogP contribution in [-0.4, -0.2) is 32.6 Å². The number of hydrazone groups is 1. The topological polar surface area (TPSA) is 95.1 Å². The Morgan fingerprint density at radius 1 is 1.12 bits per heavy atom. The minimum Gasteiger partial charge on any atom is -0.475 e. The van der Waals surface area contributed by atoms with E-state index >= 15 is 0 Å². The molecular weight excluding hydrogens is 378 g/mol. The number of nitrogens with one attached hydrogen (secondary N) is 3. The zero-order valence-corrected chi connectivity index (χ0v) is 15.3. The Labute approximate surface area is 156 Å². The zero-order valence-electron chi connectivity index (χ0n) is 13.7. The van der Waals surface area contributed by atoms with Crippen LogP contribution < -0.4 is 20.4 Å². The van der Waals surface area contributed by atoms with Crippen LogP contribution in [0.15, 0.2) is 64.6 Å². The Morgan fingerprint density at radius 2 is 1.85 bits per heavy atom. The summed E-state index contributed by atoms with van der Waals surface area (Å²) in [5.74, 6) is 1.33. The molecule has 1 heterocycles. The average Bonchev–Trinajstić information content (AvgIpc) is 3.09. The molecule has 0 bridgehead atoms. The molecule has 1 aliphatic heterocycles. The van der Waals surface area contributed by atoms with Crippen molar-refractivity contribution in [1.29, 1.82) is 0 Å². The number of nitrogens with zero attached hydrogens (tertiary/aromatic N) is 2. The first-order valence-electron chi connectivity index (χ1n) is 7.82. The van der Waals surface area contributed by atoms with Crippen molar-refractivity contribution in [2.24, 2.45) is 5.10 Å². The van der Waals surface area contributed by atoms with E-state index in [2.05, 4.69) is 20.8 Å². The lowest BCUT2D eigenvalue weighted by molar-refractivity contribution is 0.0660. The summed E-state index contributed by atoms with van der Waals surface area (Å²) in [4.78, 5) is 0.166. The lowest BCUT2D eigenvalue weighted by Crippen LogP contribution is -2.44. The van der Waals surface area contributed by atoms with E-state index in [-0.39, 0.29) is 18.2 Å². The van der Waals surface area contributed by atoms with Gasteiger partial charge in [0, 0.05) is 18.0 Å². The summed E-state index contributed by atoms with van der Waals surface area (Å²) < 4.78 is 32.5. The molecule has 0 aromatic heterocycles. The number of hydrogen-bond donors (Lipinski definition) is 3. The second kappa shape index (κ2) is 8.37. The summed E-state index contributed by atoms with van der Waals surface area (Å²) >= 11 is 5.77. The van der Waals surface area contributed by atoms with E-state index in [0.717, 1.165) is 5.75 Å². The molecule has 2 aromatic carbocycles. The molecular formula is C16H18ClN5O3S. The normalized spacial score (nSPS) is 14.4. The fourth-order valence-electron chi connectivity index (χ4n) is 2.16. The molecule has 10 heteroatoms. The van der Waals surface area contributed by atoms with Crippen molar-refractivity contribution in [3.8, 4) is 5.75 Å². The second-order valence-corrected chi connectivity index (χ2v) is 7.59. The predicted molar refractivity (Wildman–Crippen MR) is 98.7 cm³/mol. The predicted octanol–water partition coefficient (Wildman–Crippen LogP) is 1.68. The molecule has 138 valence electrons. The van der Waals surface area contributed by atoms with Crippen LogP contribution in [0.25, 0.3) is 0 Å². The van der Waals surface area contributed by atoms with E-state index < -0.39 is 10.0 Å². The van der Waals surface area contributed by atoms with Crippen molar-refractivity contribution < 1.29 is 13.2 Å². The fraction of sp³-hybridized carbons (Fsp3) is 0.188. The number of halogens is 1. The summed E-state index contributed by atoms with van der Waals surface area (Å²) in [6.45, 7) is 0.430. The smallest absolute Gasteiger partial charge is 0.240 e. The number of rotatable bonds is 8. The molecule has 8 nitrogen and oxygen atoms in total. The standard InChI is InChI=1S/C16H18ClN5O3S/c17-13-6-8-15(9-7-13)26(23,24)18-11-10-16-19-21-22(20-16)12-25-14-4-2-1-3-5-14/h1-9,18,21H,10-12H2,(H,19,20). The third kappa shape index (κ3) is 5.09. The van der Waals surface area contributed by atoms with Crippen LogP contribution in [0.3, 0.4) is 0 Å². The zero-order chi connectivity index (χ0) is 18.4. The highest BCUT2D eigenvalue weighted by molar-refractivity contribution is 7.89.